The monoisotopic (exact) mass is 429 g/mol. The zero-order valence-corrected chi connectivity index (χ0v) is 18.8. The summed E-state index contributed by atoms with van der Waals surface area (Å²) < 4.78 is 11.1. The fourth-order valence-corrected chi connectivity index (χ4v) is 4.38. The average Bonchev–Trinajstić information content (AvgIpc) is 3.21. The van der Waals surface area contributed by atoms with Crippen LogP contribution >= 0.6 is 0 Å². The Bertz CT molecular complexity index is 817. The summed E-state index contributed by atoms with van der Waals surface area (Å²) in [4.78, 5) is -0.414. The summed E-state index contributed by atoms with van der Waals surface area (Å²) in [5.74, 6) is 3.26. The van der Waals surface area contributed by atoms with Crippen molar-refractivity contribution in [1.82, 2.24) is 10.7 Å². The Morgan fingerprint density at radius 3 is 2.68 bits per heavy atom. The van der Waals surface area contributed by atoms with E-state index in [0.29, 0.717) is 35.5 Å². The second-order valence-electron chi connectivity index (χ2n) is 8.67. The predicted octanol–water partition coefficient (Wildman–Crippen LogP) is 3.19. The van der Waals surface area contributed by atoms with Gasteiger partial charge in [-0.3, -0.25) is 0 Å². The van der Waals surface area contributed by atoms with Crippen molar-refractivity contribution in [3.05, 3.63) is 57.8 Å². The van der Waals surface area contributed by atoms with Gasteiger partial charge in [-0.2, -0.15) is 4.90 Å². The molecule has 3 atom stereocenters. The Kier molecular flexibility index (Phi) is 7.92. The molecule has 31 heavy (non-hydrogen) atoms. The predicted molar refractivity (Wildman–Crippen MR) is 122 cm³/mol. The normalized spacial score (nSPS) is 25.5. The molecule has 0 saturated carbocycles. The molecule has 1 aliphatic heterocycles. The number of hydrogen-bond donors (Lipinski definition) is 2. The lowest BCUT2D eigenvalue weighted by Crippen LogP contribution is -2.35. The van der Waals surface area contributed by atoms with Crippen LogP contribution in [0.15, 0.2) is 52.5 Å². The summed E-state index contributed by atoms with van der Waals surface area (Å²) in [5, 5.41) is 29.5. The first kappa shape index (κ1) is 23.1. The van der Waals surface area contributed by atoms with E-state index in [0.717, 1.165) is 38.1 Å². The van der Waals surface area contributed by atoms with Gasteiger partial charge in [0.1, 0.15) is 0 Å². The highest BCUT2D eigenvalue weighted by Crippen LogP contribution is 2.39. The van der Waals surface area contributed by atoms with Crippen LogP contribution in [0.4, 0.5) is 0 Å². The molecule has 2 N–H and O–H groups in total. The third-order valence-electron chi connectivity index (χ3n) is 6.21. The van der Waals surface area contributed by atoms with Gasteiger partial charge < -0.3 is 25.2 Å². The van der Waals surface area contributed by atoms with E-state index >= 15 is 0 Å². The molecule has 0 aromatic carbocycles. The molecular weight excluding hydrogens is 396 g/mol. The Morgan fingerprint density at radius 2 is 2.03 bits per heavy atom. The lowest BCUT2D eigenvalue weighted by Gasteiger charge is -2.37. The third kappa shape index (κ3) is 5.98. The maximum atomic E-state index is 10.8. The van der Waals surface area contributed by atoms with Gasteiger partial charge >= 0.3 is 0 Å². The maximum absolute atomic E-state index is 10.8. The summed E-state index contributed by atoms with van der Waals surface area (Å²) in [6.07, 6.45) is 10.5. The Morgan fingerprint density at radius 1 is 1.29 bits per heavy atom. The Hall–Kier alpha value is -2.58. The number of methoxy groups -OCH3 is 1. The first-order valence-electron chi connectivity index (χ1n) is 10.9. The van der Waals surface area contributed by atoms with E-state index in [4.69, 9.17) is 9.47 Å². The number of rotatable bonds is 8. The van der Waals surface area contributed by atoms with Gasteiger partial charge in [-0.15, -0.1) is 5.10 Å². The highest BCUT2D eigenvalue weighted by atomic mass is 16.8. The number of allylic oxidation sites excluding steroid dienone is 6. The average molecular weight is 430 g/mol. The summed E-state index contributed by atoms with van der Waals surface area (Å²) in [6, 6.07) is 0. The number of nitrogens with zero attached hydrogens (tertiary/aromatic N) is 2. The molecular formula is C23H33N4O4-. The van der Waals surface area contributed by atoms with Crippen molar-refractivity contribution in [1.29, 1.82) is 0 Å². The Labute approximate surface area is 184 Å². The Balaban J connectivity index is 1.61. The lowest BCUT2D eigenvalue weighted by molar-refractivity contribution is -0.377. The number of nitrogens with one attached hydrogen (secondary N) is 2. The van der Waals surface area contributed by atoms with Gasteiger partial charge in [0.05, 0.1) is 6.61 Å². The van der Waals surface area contributed by atoms with Crippen molar-refractivity contribution in [3.8, 4) is 0 Å². The van der Waals surface area contributed by atoms with Crippen LogP contribution < -0.4 is 10.7 Å². The van der Waals surface area contributed by atoms with Gasteiger partial charge in [0.2, 0.25) is 17.5 Å². The molecule has 3 aliphatic rings. The first-order chi connectivity index (χ1) is 14.9. The molecule has 1 heterocycles. The second-order valence-corrected chi connectivity index (χ2v) is 8.67. The molecule has 2 aliphatic carbocycles. The van der Waals surface area contributed by atoms with Gasteiger partial charge in [0.15, 0.2) is 0 Å². The van der Waals surface area contributed by atoms with Gasteiger partial charge in [-0.25, -0.2) is 5.43 Å². The van der Waals surface area contributed by atoms with Crippen molar-refractivity contribution < 1.29 is 14.4 Å². The van der Waals surface area contributed by atoms with E-state index in [1.165, 1.54) is 17.7 Å². The molecule has 0 fully saturated rings. The van der Waals surface area contributed by atoms with Crippen LogP contribution in [-0.2, 0) is 9.47 Å². The molecule has 0 radical (unpaired) electrons. The maximum Gasteiger partial charge on any atom is 0.222 e. The van der Waals surface area contributed by atoms with Gasteiger partial charge in [0.25, 0.3) is 0 Å². The second kappa shape index (κ2) is 10.6. The van der Waals surface area contributed by atoms with Crippen LogP contribution in [-0.4, -0.2) is 43.3 Å². The summed E-state index contributed by atoms with van der Waals surface area (Å²) in [5.41, 5.74) is 5.10. The fraction of sp³-hybridized carbons (Fsp3) is 0.565. The zero-order valence-electron chi connectivity index (χ0n) is 18.8. The molecule has 0 amide bonds. The van der Waals surface area contributed by atoms with Crippen molar-refractivity contribution in [2.45, 2.75) is 33.6 Å². The van der Waals surface area contributed by atoms with Crippen LogP contribution in [0.3, 0.4) is 0 Å². The quantitative estimate of drug-likeness (QED) is 0.266. The SMILES string of the molecule is COCCNCC1C=C(C)C(CC2=NNC(=C3C=CC(=[N+]([O-])[O-])C=C3)O2)CC1C(C)C. The van der Waals surface area contributed by atoms with E-state index in [1.54, 1.807) is 19.3 Å². The van der Waals surface area contributed by atoms with Crippen molar-refractivity contribution >= 4 is 11.6 Å². The van der Waals surface area contributed by atoms with Gasteiger partial charge in [-0.1, -0.05) is 25.5 Å². The van der Waals surface area contributed by atoms with Crippen molar-refractivity contribution in [2.75, 3.05) is 26.8 Å². The standard InChI is InChI=1S/C23H33N4O4/c1-15(2)21-12-18(16(3)11-19(21)14-24-9-10-30-4)13-22-25-26-23(31-22)17-5-7-20(8-6-17)27(28)29/h5-8,11,15,18-19,21,24,26H,9-10,12-14H2,1-4H3/q-1. The van der Waals surface area contributed by atoms with Gasteiger partial charge in [0, 0.05) is 44.3 Å². The van der Waals surface area contributed by atoms with Crippen LogP contribution in [0.2, 0.25) is 0 Å². The molecule has 8 heteroatoms. The van der Waals surface area contributed by atoms with Crippen LogP contribution in [0.25, 0.3) is 0 Å². The van der Waals surface area contributed by atoms with E-state index < -0.39 is 4.90 Å². The smallest absolute Gasteiger partial charge is 0.222 e. The highest BCUT2D eigenvalue weighted by Gasteiger charge is 2.33. The lowest BCUT2D eigenvalue weighted by atomic mass is 9.70. The first-order valence-corrected chi connectivity index (χ1v) is 10.9. The third-order valence-corrected chi connectivity index (χ3v) is 6.21. The van der Waals surface area contributed by atoms with E-state index in [9.17, 15) is 10.4 Å². The molecule has 3 unspecified atom stereocenters. The number of hydrogen-bond acceptors (Lipinski definition) is 7. The van der Waals surface area contributed by atoms with E-state index in [2.05, 4.69) is 42.7 Å². The molecule has 8 nitrogen and oxygen atoms in total. The largest absolute Gasteiger partial charge is 0.612 e. The van der Waals surface area contributed by atoms with E-state index in [1.807, 2.05) is 0 Å². The molecule has 0 saturated heterocycles. The number of hydrazone groups is 1. The van der Waals surface area contributed by atoms with Crippen LogP contribution in [0.1, 0.15) is 33.6 Å². The molecule has 170 valence electrons. The highest BCUT2D eigenvalue weighted by molar-refractivity contribution is 6.02. The molecule has 0 aromatic heterocycles. The minimum Gasteiger partial charge on any atom is -0.612 e. The molecule has 0 spiro atoms. The van der Waals surface area contributed by atoms with Crippen molar-refractivity contribution in [2.24, 2.45) is 28.8 Å². The topological polar surface area (TPSA) is 104 Å². The number of ether oxygens (including phenoxy) is 2. The molecule has 0 aromatic rings. The van der Waals surface area contributed by atoms with Gasteiger partial charge in [-0.05, 0) is 49.2 Å². The minimum atomic E-state index is -0.414. The van der Waals surface area contributed by atoms with Crippen LogP contribution in [0, 0.1) is 34.1 Å². The van der Waals surface area contributed by atoms with Crippen LogP contribution in [0.5, 0.6) is 0 Å². The summed E-state index contributed by atoms with van der Waals surface area (Å²) >= 11 is 0. The molecule has 0 bridgehead atoms. The molecule has 3 rings (SSSR count). The minimum absolute atomic E-state index is 0.0532. The van der Waals surface area contributed by atoms with E-state index in [-0.39, 0.29) is 5.71 Å². The summed E-state index contributed by atoms with van der Waals surface area (Å²) in [7, 11) is 1.72. The van der Waals surface area contributed by atoms with Crippen molar-refractivity contribution in [3.63, 3.8) is 0 Å². The summed E-state index contributed by atoms with van der Waals surface area (Å²) in [6.45, 7) is 9.35. The zero-order chi connectivity index (χ0) is 22.4. The fourth-order valence-electron chi connectivity index (χ4n) is 4.38.